The predicted molar refractivity (Wildman–Crippen MR) is 79.6 cm³/mol. The van der Waals surface area contributed by atoms with E-state index in [4.69, 9.17) is 10.2 Å². The van der Waals surface area contributed by atoms with E-state index in [2.05, 4.69) is 16.9 Å². The second-order valence-corrected chi connectivity index (χ2v) is 6.46. The number of fused-ring (bicyclic) bond motifs is 1. The van der Waals surface area contributed by atoms with Crippen LogP contribution in [0.3, 0.4) is 0 Å². The molecule has 0 amide bonds. The molecule has 2 heterocycles. The van der Waals surface area contributed by atoms with Crippen LogP contribution in [0.4, 0.5) is 5.69 Å². The first-order valence-corrected chi connectivity index (χ1v) is 7.64. The fourth-order valence-corrected chi connectivity index (χ4v) is 3.47. The molecule has 0 saturated heterocycles. The van der Waals surface area contributed by atoms with E-state index in [9.17, 15) is 0 Å². The summed E-state index contributed by atoms with van der Waals surface area (Å²) < 4.78 is 5.66. The van der Waals surface area contributed by atoms with Gasteiger partial charge in [0, 0.05) is 16.6 Å². The zero-order chi connectivity index (χ0) is 13.4. The van der Waals surface area contributed by atoms with E-state index in [0.29, 0.717) is 10.9 Å². The molecule has 0 aliphatic carbocycles. The Morgan fingerprint density at radius 3 is 2.89 bits per heavy atom. The smallest absolute Gasteiger partial charge is 0.257 e. The van der Waals surface area contributed by atoms with Gasteiger partial charge >= 0.3 is 0 Å². The lowest BCUT2D eigenvalue weighted by molar-refractivity contribution is 0.489. The number of nitrogen functional groups attached to an aromatic ring is 1. The molecule has 0 radical (unpaired) electrons. The average Bonchev–Trinajstić information content (AvgIpc) is 2.90. The molecule has 19 heavy (non-hydrogen) atoms. The molecule has 3 aromatic rings. The van der Waals surface area contributed by atoms with Crippen LogP contribution in [0, 0.1) is 13.8 Å². The summed E-state index contributed by atoms with van der Waals surface area (Å²) in [5.41, 5.74) is 9.07. The van der Waals surface area contributed by atoms with Gasteiger partial charge in [0.25, 0.3) is 5.22 Å². The zero-order valence-electron chi connectivity index (χ0n) is 10.6. The summed E-state index contributed by atoms with van der Waals surface area (Å²) in [6.45, 7) is 4.12. The van der Waals surface area contributed by atoms with Gasteiger partial charge in [-0.2, -0.15) is 0 Å². The lowest BCUT2D eigenvalue weighted by Gasteiger charge is -1.91. The molecule has 1 aromatic carbocycles. The molecule has 4 nitrogen and oxygen atoms in total. The number of thiazole rings is 1. The molecule has 0 aliphatic heterocycles. The van der Waals surface area contributed by atoms with Crippen LogP contribution in [-0.2, 0) is 5.75 Å². The molecule has 0 atom stereocenters. The Morgan fingerprint density at radius 2 is 2.16 bits per heavy atom. The standard InChI is InChI=1S/C13H13N3OS2/c1-7-8(2)19-12(15-7)6-18-13-16-10-4-3-9(14)5-11(10)17-13/h3-5H,6,14H2,1-2H3. The van der Waals surface area contributed by atoms with Crippen LogP contribution in [0.1, 0.15) is 15.6 Å². The third kappa shape index (κ3) is 2.59. The molecule has 0 saturated carbocycles. The molecule has 98 valence electrons. The largest absolute Gasteiger partial charge is 0.431 e. The van der Waals surface area contributed by atoms with Crippen LogP contribution in [0.5, 0.6) is 0 Å². The van der Waals surface area contributed by atoms with Crippen LogP contribution in [-0.4, -0.2) is 9.97 Å². The number of rotatable bonds is 3. The van der Waals surface area contributed by atoms with E-state index in [0.717, 1.165) is 27.6 Å². The van der Waals surface area contributed by atoms with Gasteiger partial charge in [0.15, 0.2) is 5.58 Å². The minimum atomic E-state index is 0.658. The molecule has 3 rings (SSSR count). The molecule has 0 fully saturated rings. The number of hydrogen-bond donors (Lipinski definition) is 1. The van der Waals surface area contributed by atoms with E-state index < -0.39 is 0 Å². The molecule has 0 unspecified atom stereocenters. The van der Waals surface area contributed by atoms with Crippen molar-refractivity contribution in [3.63, 3.8) is 0 Å². The second kappa shape index (κ2) is 4.86. The first kappa shape index (κ1) is 12.5. The predicted octanol–water partition coefficient (Wildman–Crippen LogP) is 3.78. The summed E-state index contributed by atoms with van der Waals surface area (Å²) >= 11 is 3.28. The van der Waals surface area contributed by atoms with Gasteiger partial charge < -0.3 is 10.2 Å². The summed E-state index contributed by atoms with van der Waals surface area (Å²) in [6, 6.07) is 5.49. The number of hydrogen-bond acceptors (Lipinski definition) is 6. The van der Waals surface area contributed by atoms with Gasteiger partial charge in [-0.3, -0.25) is 0 Å². The van der Waals surface area contributed by atoms with Gasteiger partial charge in [-0.15, -0.1) is 11.3 Å². The number of aryl methyl sites for hydroxylation is 2. The molecule has 0 aliphatic rings. The van der Waals surface area contributed by atoms with Crippen LogP contribution in [0.15, 0.2) is 27.8 Å². The van der Waals surface area contributed by atoms with Crippen LogP contribution < -0.4 is 5.73 Å². The van der Waals surface area contributed by atoms with Gasteiger partial charge in [-0.05, 0) is 26.0 Å². The summed E-state index contributed by atoms with van der Waals surface area (Å²) in [5.74, 6) is 0.779. The first-order chi connectivity index (χ1) is 9.11. The van der Waals surface area contributed by atoms with E-state index in [1.807, 2.05) is 19.1 Å². The fraction of sp³-hybridized carbons (Fsp3) is 0.231. The lowest BCUT2D eigenvalue weighted by atomic mass is 10.3. The molecule has 0 spiro atoms. The third-order valence-corrected chi connectivity index (χ3v) is 4.88. The Kier molecular flexibility index (Phi) is 3.20. The maximum absolute atomic E-state index is 5.71. The summed E-state index contributed by atoms with van der Waals surface area (Å²) in [7, 11) is 0. The van der Waals surface area contributed by atoms with Gasteiger partial charge in [0.2, 0.25) is 0 Å². The monoisotopic (exact) mass is 291 g/mol. The average molecular weight is 291 g/mol. The van der Waals surface area contributed by atoms with Crippen molar-refractivity contribution in [2.75, 3.05) is 5.73 Å². The zero-order valence-corrected chi connectivity index (χ0v) is 12.3. The number of nitrogens with zero attached hydrogens (tertiary/aromatic N) is 2. The minimum Gasteiger partial charge on any atom is -0.431 e. The van der Waals surface area contributed by atoms with E-state index in [-0.39, 0.29) is 0 Å². The lowest BCUT2D eigenvalue weighted by Crippen LogP contribution is -1.81. The topological polar surface area (TPSA) is 64.9 Å². The highest BCUT2D eigenvalue weighted by Gasteiger charge is 2.09. The van der Waals surface area contributed by atoms with Crippen LogP contribution in [0.25, 0.3) is 11.1 Å². The normalized spacial score (nSPS) is 11.3. The molecular weight excluding hydrogens is 278 g/mol. The molecular formula is C13H13N3OS2. The van der Waals surface area contributed by atoms with Crippen molar-refractivity contribution >= 4 is 39.9 Å². The third-order valence-electron chi connectivity index (χ3n) is 2.78. The Bertz CT molecular complexity index is 713. The van der Waals surface area contributed by atoms with Crippen molar-refractivity contribution in [1.29, 1.82) is 0 Å². The maximum Gasteiger partial charge on any atom is 0.257 e. The van der Waals surface area contributed by atoms with Crippen LogP contribution in [0.2, 0.25) is 0 Å². The second-order valence-electron chi connectivity index (χ2n) is 4.24. The van der Waals surface area contributed by atoms with Gasteiger partial charge in [-0.25, -0.2) is 9.97 Å². The van der Waals surface area contributed by atoms with Crippen molar-refractivity contribution in [1.82, 2.24) is 9.97 Å². The summed E-state index contributed by atoms with van der Waals surface area (Å²) in [6.07, 6.45) is 0. The molecule has 2 aromatic heterocycles. The summed E-state index contributed by atoms with van der Waals surface area (Å²) in [4.78, 5) is 10.2. The van der Waals surface area contributed by atoms with Crippen molar-refractivity contribution in [3.8, 4) is 0 Å². The van der Waals surface area contributed by atoms with E-state index in [1.54, 1.807) is 29.2 Å². The number of benzene rings is 1. The summed E-state index contributed by atoms with van der Waals surface area (Å²) in [5, 5.41) is 1.76. The number of nitrogens with two attached hydrogens (primary N) is 1. The molecule has 2 N–H and O–H groups in total. The maximum atomic E-state index is 5.71. The number of aromatic nitrogens is 2. The first-order valence-electron chi connectivity index (χ1n) is 5.83. The van der Waals surface area contributed by atoms with Gasteiger partial charge in [-0.1, -0.05) is 11.8 Å². The Hall–Kier alpha value is -1.53. The minimum absolute atomic E-state index is 0.658. The van der Waals surface area contributed by atoms with E-state index in [1.165, 1.54) is 4.88 Å². The highest BCUT2D eigenvalue weighted by atomic mass is 32.2. The number of thioether (sulfide) groups is 1. The number of oxazole rings is 1. The van der Waals surface area contributed by atoms with E-state index >= 15 is 0 Å². The molecule has 0 bridgehead atoms. The highest BCUT2D eigenvalue weighted by molar-refractivity contribution is 7.98. The number of anilines is 1. The van der Waals surface area contributed by atoms with Gasteiger partial charge in [0.1, 0.15) is 10.5 Å². The van der Waals surface area contributed by atoms with Crippen molar-refractivity contribution in [2.24, 2.45) is 0 Å². The Morgan fingerprint density at radius 1 is 1.32 bits per heavy atom. The van der Waals surface area contributed by atoms with Crippen molar-refractivity contribution in [2.45, 2.75) is 24.8 Å². The Balaban J connectivity index is 1.78. The highest BCUT2D eigenvalue weighted by Crippen LogP contribution is 2.29. The van der Waals surface area contributed by atoms with Crippen molar-refractivity contribution in [3.05, 3.63) is 33.8 Å². The van der Waals surface area contributed by atoms with Crippen LogP contribution >= 0.6 is 23.1 Å². The Labute approximate surface area is 119 Å². The van der Waals surface area contributed by atoms with Gasteiger partial charge in [0.05, 0.1) is 11.4 Å². The SMILES string of the molecule is Cc1nc(CSc2nc3ccc(N)cc3o2)sc1C. The fourth-order valence-electron chi connectivity index (χ4n) is 1.71. The quantitative estimate of drug-likeness (QED) is 0.587. The van der Waals surface area contributed by atoms with Crippen molar-refractivity contribution < 1.29 is 4.42 Å². The molecule has 6 heteroatoms.